The molecule has 0 radical (unpaired) electrons. The Morgan fingerprint density at radius 3 is 2.70 bits per heavy atom. The molecular weight excluding hydrogens is 369 g/mol. The summed E-state index contributed by atoms with van der Waals surface area (Å²) in [5.41, 5.74) is -0.311. The van der Waals surface area contributed by atoms with Gasteiger partial charge in [-0.25, -0.2) is 4.39 Å². The molecule has 1 aromatic rings. The van der Waals surface area contributed by atoms with Gasteiger partial charge in [0.25, 0.3) is 5.91 Å². The summed E-state index contributed by atoms with van der Waals surface area (Å²) < 4.78 is 42.4. The molecule has 2 rings (SSSR count). The van der Waals surface area contributed by atoms with Crippen LogP contribution < -0.4 is 4.74 Å². The third-order valence-electron chi connectivity index (χ3n) is 4.23. The average molecular weight is 388 g/mol. The molecule has 1 fully saturated rings. The molecular formula is C17H19F3N2O5. The highest BCUT2D eigenvalue weighted by atomic mass is 19.3. The Morgan fingerprint density at radius 1 is 1.37 bits per heavy atom. The molecule has 1 heterocycles. The molecule has 10 heteroatoms. The van der Waals surface area contributed by atoms with Crippen LogP contribution in [-0.2, 0) is 9.59 Å². The van der Waals surface area contributed by atoms with E-state index in [1.54, 1.807) is 0 Å². The first-order valence-electron chi connectivity index (χ1n) is 8.19. The van der Waals surface area contributed by atoms with Crippen LogP contribution in [0.3, 0.4) is 0 Å². The van der Waals surface area contributed by atoms with Crippen molar-refractivity contribution in [2.24, 2.45) is 5.92 Å². The van der Waals surface area contributed by atoms with Crippen LogP contribution in [0.1, 0.15) is 23.2 Å². The molecule has 2 amide bonds. The first-order valence-corrected chi connectivity index (χ1v) is 8.19. The van der Waals surface area contributed by atoms with E-state index in [-0.39, 0.29) is 18.7 Å². The molecule has 0 aromatic heterocycles. The van der Waals surface area contributed by atoms with Crippen molar-refractivity contribution in [3.63, 3.8) is 0 Å². The number of benzene rings is 1. The minimum absolute atomic E-state index is 0.0481. The molecule has 1 aliphatic rings. The number of hydrogen-bond acceptors (Lipinski definition) is 4. The summed E-state index contributed by atoms with van der Waals surface area (Å²) in [7, 11) is 1.29. The van der Waals surface area contributed by atoms with Gasteiger partial charge in [0, 0.05) is 26.2 Å². The number of ether oxygens (including phenoxy) is 1. The number of hydrogen-bond donors (Lipinski definition) is 1. The molecule has 27 heavy (non-hydrogen) atoms. The lowest BCUT2D eigenvalue weighted by Gasteiger charge is -2.32. The van der Waals surface area contributed by atoms with E-state index in [0.29, 0.717) is 25.5 Å². The highest BCUT2D eigenvalue weighted by molar-refractivity contribution is 5.98. The number of likely N-dealkylation sites (N-methyl/N-ethyl adjacent to an activating group) is 1. The van der Waals surface area contributed by atoms with Crippen molar-refractivity contribution in [3.05, 3.63) is 29.6 Å². The van der Waals surface area contributed by atoms with Crippen molar-refractivity contribution >= 4 is 17.8 Å². The topological polar surface area (TPSA) is 87.2 Å². The van der Waals surface area contributed by atoms with Crippen LogP contribution in [0.2, 0.25) is 0 Å². The van der Waals surface area contributed by atoms with Gasteiger partial charge in [0.2, 0.25) is 5.91 Å². The van der Waals surface area contributed by atoms with Crippen molar-refractivity contribution in [1.82, 2.24) is 9.80 Å². The number of carboxylic acids is 1. The molecule has 0 saturated carbocycles. The molecule has 1 atom stereocenters. The van der Waals surface area contributed by atoms with Gasteiger partial charge >= 0.3 is 12.6 Å². The summed E-state index contributed by atoms with van der Waals surface area (Å²) in [6, 6.07) is 2.58. The van der Waals surface area contributed by atoms with Crippen LogP contribution in [-0.4, -0.2) is 66.0 Å². The Bertz CT molecular complexity index is 729. The van der Waals surface area contributed by atoms with Gasteiger partial charge in [-0.1, -0.05) is 0 Å². The summed E-state index contributed by atoms with van der Waals surface area (Å²) in [6.07, 6.45) is 1.00. The quantitative estimate of drug-likeness (QED) is 0.803. The van der Waals surface area contributed by atoms with Crippen molar-refractivity contribution < 1.29 is 37.4 Å². The van der Waals surface area contributed by atoms with Crippen LogP contribution in [0.25, 0.3) is 0 Å². The van der Waals surface area contributed by atoms with E-state index in [0.717, 1.165) is 17.0 Å². The zero-order chi connectivity index (χ0) is 20.1. The van der Waals surface area contributed by atoms with Crippen molar-refractivity contribution in [2.45, 2.75) is 19.5 Å². The van der Waals surface area contributed by atoms with Crippen LogP contribution in [0.15, 0.2) is 18.2 Å². The van der Waals surface area contributed by atoms with Crippen molar-refractivity contribution in [2.75, 3.05) is 26.7 Å². The second kappa shape index (κ2) is 8.74. The highest BCUT2D eigenvalue weighted by Gasteiger charge is 2.29. The maximum absolute atomic E-state index is 13.3. The van der Waals surface area contributed by atoms with Gasteiger partial charge in [0.1, 0.15) is 11.6 Å². The first kappa shape index (κ1) is 20.5. The first-order chi connectivity index (χ1) is 12.7. The fourth-order valence-corrected chi connectivity index (χ4v) is 2.85. The molecule has 1 aliphatic heterocycles. The fourth-order valence-electron chi connectivity index (χ4n) is 2.85. The Hall–Kier alpha value is -2.78. The summed E-state index contributed by atoms with van der Waals surface area (Å²) in [4.78, 5) is 38.2. The van der Waals surface area contributed by atoms with Crippen molar-refractivity contribution in [3.8, 4) is 5.75 Å². The Kier molecular flexibility index (Phi) is 6.65. The Morgan fingerprint density at radius 2 is 2.07 bits per heavy atom. The number of carbonyl (C=O) groups excluding carboxylic acids is 2. The highest BCUT2D eigenvalue weighted by Crippen LogP contribution is 2.24. The molecule has 1 unspecified atom stereocenters. The number of aliphatic carboxylic acids is 1. The second-order valence-corrected chi connectivity index (χ2v) is 6.20. The van der Waals surface area contributed by atoms with Gasteiger partial charge in [-0.05, 0) is 25.0 Å². The minimum Gasteiger partial charge on any atom is -0.481 e. The number of alkyl halides is 2. The average Bonchev–Trinajstić information content (AvgIpc) is 2.60. The van der Waals surface area contributed by atoms with Gasteiger partial charge in [-0.15, -0.1) is 0 Å². The number of halogens is 3. The predicted octanol–water partition coefficient (Wildman–Crippen LogP) is 1.82. The zero-order valence-corrected chi connectivity index (χ0v) is 14.5. The smallest absolute Gasteiger partial charge is 0.387 e. The van der Waals surface area contributed by atoms with E-state index >= 15 is 0 Å². The molecule has 0 spiro atoms. The molecule has 148 valence electrons. The van der Waals surface area contributed by atoms with Crippen LogP contribution >= 0.6 is 0 Å². The number of rotatable bonds is 6. The normalized spacial score (nSPS) is 16.9. The number of amides is 2. The van der Waals surface area contributed by atoms with Crippen molar-refractivity contribution in [1.29, 1.82) is 0 Å². The van der Waals surface area contributed by atoms with E-state index in [9.17, 15) is 27.6 Å². The van der Waals surface area contributed by atoms with Crippen LogP contribution in [0.5, 0.6) is 5.75 Å². The van der Waals surface area contributed by atoms with Gasteiger partial charge in [-0.2, -0.15) is 8.78 Å². The monoisotopic (exact) mass is 388 g/mol. The van der Waals surface area contributed by atoms with E-state index in [2.05, 4.69) is 4.74 Å². The van der Waals surface area contributed by atoms with Crippen LogP contribution in [0.4, 0.5) is 13.2 Å². The van der Waals surface area contributed by atoms with Gasteiger partial charge < -0.3 is 19.6 Å². The predicted molar refractivity (Wildman–Crippen MR) is 86.9 cm³/mol. The number of carboxylic acid groups (broad SMARTS) is 1. The lowest BCUT2D eigenvalue weighted by molar-refractivity contribution is -0.145. The summed E-state index contributed by atoms with van der Waals surface area (Å²) >= 11 is 0. The Labute approximate surface area is 153 Å². The molecule has 1 N–H and O–H groups in total. The second-order valence-electron chi connectivity index (χ2n) is 6.20. The van der Waals surface area contributed by atoms with Gasteiger partial charge in [0.15, 0.2) is 0 Å². The number of piperidine rings is 1. The van der Waals surface area contributed by atoms with Crippen LogP contribution in [0, 0.1) is 11.7 Å². The van der Waals surface area contributed by atoms with E-state index in [1.165, 1.54) is 11.9 Å². The molecule has 0 bridgehead atoms. The zero-order valence-electron chi connectivity index (χ0n) is 14.5. The molecule has 7 nitrogen and oxygen atoms in total. The third-order valence-corrected chi connectivity index (χ3v) is 4.23. The van der Waals surface area contributed by atoms with Gasteiger partial charge in [0.05, 0.1) is 18.0 Å². The summed E-state index contributed by atoms with van der Waals surface area (Å²) in [5.74, 6) is -4.39. The van der Waals surface area contributed by atoms with Gasteiger partial charge in [-0.3, -0.25) is 14.4 Å². The molecule has 1 aromatic carbocycles. The minimum atomic E-state index is -3.24. The SMILES string of the molecule is CN(CC(=O)N1CCCC(C(=O)O)C1)C(=O)c1ccc(F)cc1OC(F)F. The van der Waals surface area contributed by atoms with E-state index in [1.807, 2.05) is 0 Å². The standard InChI is InChI=1S/C17H19F3N2O5/c1-21(9-14(23)22-6-2-3-10(8-22)16(25)26)15(24)12-5-4-11(18)7-13(12)27-17(19)20/h4-5,7,10,17H,2-3,6,8-9H2,1H3,(H,25,26). The summed E-state index contributed by atoms with van der Waals surface area (Å²) in [5, 5.41) is 9.07. The number of nitrogens with zero attached hydrogens (tertiary/aromatic N) is 2. The number of likely N-dealkylation sites (tertiary alicyclic amines) is 1. The Balaban J connectivity index is 2.07. The third kappa shape index (κ3) is 5.35. The maximum atomic E-state index is 13.3. The number of carbonyl (C=O) groups is 3. The summed E-state index contributed by atoms with van der Waals surface area (Å²) in [6.45, 7) is -3.20. The largest absolute Gasteiger partial charge is 0.481 e. The maximum Gasteiger partial charge on any atom is 0.387 e. The molecule has 0 aliphatic carbocycles. The fraction of sp³-hybridized carbons (Fsp3) is 0.471. The molecule has 1 saturated heterocycles. The van der Waals surface area contributed by atoms with E-state index in [4.69, 9.17) is 5.11 Å². The lowest BCUT2D eigenvalue weighted by atomic mass is 9.98. The lowest BCUT2D eigenvalue weighted by Crippen LogP contribution is -2.47. The van der Waals surface area contributed by atoms with E-state index < -0.39 is 41.9 Å².